The minimum Gasteiger partial charge on any atom is -0.497 e. The molecule has 1 atom stereocenters. The van der Waals surface area contributed by atoms with E-state index in [2.05, 4.69) is 21.2 Å². The second kappa shape index (κ2) is 13.7. The standard InChI is InChI=1S/C29H34BrN3O6S/c1-6-26(29(35)31-3)32(18-21-9-13-23(38-4)14-10-21)28(34)19-33(22-11-7-20(2)8-12-22)40(36,37)24-15-16-27(39-5)25(30)17-24/h7-17,26H,6,18-19H2,1-5H3,(H,31,35)/t26-/m1/s1. The van der Waals surface area contributed by atoms with E-state index in [9.17, 15) is 18.0 Å². The summed E-state index contributed by atoms with van der Waals surface area (Å²) in [6.45, 7) is 3.28. The van der Waals surface area contributed by atoms with Crippen LogP contribution in [0.25, 0.3) is 0 Å². The third kappa shape index (κ3) is 7.14. The van der Waals surface area contributed by atoms with Gasteiger partial charge >= 0.3 is 0 Å². The van der Waals surface area contributed by atoms with Crippen LogP contribution < -0.4 is 19.1 Å². The van der Waals surface area contributed by atoms with Gasteiger partial charge in [0.05, 0.1) is 29.3 Å². The molecule has 3 aromatic carbocycles. The van der Waals surface area contributed by atoms with Crippen LogP contribution in [-0.4, -0.2) is 59.0 Å². The number of nitrogens with one attached hydrogen (secondary N) is 1. The predicted molar refractivity (Wildman–Crippen MR) is 158 cm³/mol. The Hall–Kier alpha value is -3.57. The highest BCUT2D eigenvalue weighted by Gasteiger charge is 2.33. The van der Waals surface area contributed by atoms with Crippen LogP contribution in [0, 0.1) is 6.92 Å². The zero-order chi connectivity index (χ0) is 29.4. The van der Waals surface area contributed by atoms with Gasteiger partial charge in [0.25, 0.3) is 10.0 Å². The second-order valence-corrected chi connectivity index (χ2v) is 11.8. The van der Waals surface area contributed by atoms with Gasteiger partial charge in [0.1, 0.15) is 24.1 Å². The number of sulfonamides is 1. The fourth-order valence-corrected chi connectivity index (χ4v) is 6.32. The molecule has 3 rings (SSSR count). The molecule has 0 spiro atoms. The summed E-state index contributed by atoms with van der Waals surface area (Å²) in [4.78, 5) is 28.2. The van der Waals surface area contributed by atoms with Crippen LogP contribution in [0.5, 0.6) is 11.5 Å². The van der Waals surface area contributed by atoms with Crippen LogP contribution in [0.1, 0.15) is 24.5 Å². The molecule has 0 aromatic heterocycles. The summed E-state index contributed by atoms with van der Waals surface area (Å²) in [6, 6.07) is 17.6. The zero-order valence-electron chi connectivity index (χ0n) is 23.2. The number of amides is 2. The third-order valence-electron chi connectivity index (χ3n) is 6.46. The summed E-state index contributed by atoms with van der Waals surface area (Å²) >= 11 is 3.35. The van der Waals surface area contributed by atoms with Crippen molar-refractivity contribution in [3.63, 3.8) is 0 Å². The topological polar surface area (TPSA) is 105 Å². The molecule has 0 unspecified atom stereocenters. The monoisotopic (exact) mass is 631 g/mol. The van der Waals surface area contributed by atoms with Crippen LogP contribution in [0.3, 0.4) is 0 Å². The normalized spacial score (nSPS) is 11.8. The first-order chi connectivity index (χ1) is 19.0. The lowest BCUT2D eigenvalue weighted by molar-refractivity contribution is -0.140. The van der Waals surface area contributed by atoms with Gasteiger partial charge in [0.15, 0.2) is 0 Å². The van der Waals surface area contributed by atoms with E-state index >= 15 is 0 Å². The van der Waals surface area contributed by atoms with Crippen LogP contribution in [0.2, 0.25) is 0 Å². The molecule has 0 aliphatic carbocycles. The molecule has 214 valence electrons. The molecule has 0 aliphatic heterocycles. The Labute approximate surface area is 244 Å². The van der Waals surface area contributed by atoms with Crippen molar-refractivity contribution in [2.24, 2.45) is 0 Å². The zero-order valence-corrected chi connectivity index (χ0v) is 25.6. The quantitative estimate of drug-likeness (QED) is 0.315. The van der Waals surface area contributed by atoms with E-state index < -0.39 is 28.5 Å². The lowest BCUT2D eigenvalue weighted by Crippen LogP contribution is -2.51. The van der Waals surface area contributed by atoms with Crippen molar-refractivity contribution in [1.29, 1.82) is 0 Å². The Bertz CT molecular complexity index is 1430. The smallest absolute Gasteiger partial charge is 0.264 e. The van der Waals surface area contributed by atoms with Gasteiger partial charge in [-0.25, -0.2) is 8.42 Å². The number of hydrogen-bond acceptors (Lipinski definition) is 6. The van der Waals surface area contributed by atoms with Crippen LogP contribution in [0.4, 0.5) is 5.69 Å². The van der Waals surface area contributed by atoms with Gasteiger partial charge in [-0.15, -0.1) is 0 Å². The van der Waals surface area contributed by atoms with Crippen LogP contribution >= 0.6 is 15.9 Å². The number of nitrogens with zero attached hydrogens (tertiary/aromatic N) is 2. The highest BCUT2D eigenvalue weighted by atomic mass is 79.9. The Morgan fingerprint density at radius 1 is 0.975 bits per heavy atom. The minimum atomic E-state index is -4.20. The minimum absolute atomic E-state index is 0.0198. The maximum atomic E-state index is 14.0. The largest absolute Gasteiger partial charge is 0.497 e. The number of rotatable bonds is 12. The maximum Gasteiger partial charge on any atom is 0.264 e. The van der Waals surface area contributed by atoms with Crippen LogP contribution in [0.15, 0.2) is 76.1 Å². The molecule has 3 aromatic rings. The first kappa shape index (κ1) is 31.0. The predicted octanol–water partition coefficient (Wildman–Crippen LogP) is 4.52. The summed E-state index contributed by atoms with van der Waals surface area (Å²) in [7, 11) is 0.352. The van der Waals surface area contributed by atoms with Crippen molar-refractivity contribution in [3.05, 3.63) is 82.3 Å². The van der Waals surface area contributed by atoms with Crippen molar-refractivity contribution in [1.82, 2.24) is 10.2 Å². The van der Waals surface area contributed by atoms with Crippen molar-refractivity contribution in [2.45, 2.75) is 37.8 Å². The van der Waals surface area contributed by atoms with E-state index in [1.165, 1.54) is 31.2 Å². The third-order valence-corrected chi connectivity index (χ3v) is 8.85. The van der Waals surface area contributed by atoms with E-state index in [0.717, 1.165) is 15.4 Å². The number of methoxy groups -OCH3 is 2. The first-order valence-corrected chi connectivity index (χ1v) is 14.9. The molecule has 1 N–H and O–H groups in total. The van der Waals surface area contributed by atoms with E-state index in [4.69, 9.17) is 9.47 Å². The second-order valence-electron chi connectivity index (χ2n) is 9.05. The lowest BCUT2D eigenvalue weighted by Gasteiger charge is -2.33. The number of carbonyl (C=O) groups excluding carboxylic acids is 2. The molecule has 11 heteroatoms. The molecule has 0 fully saturated rings. The van der Waals surface area contributed by atoms with Gasteiger partial charge in [-0.3, -0.25) is 13.9 Å². The Morgan fingerprint density at radius 3 is 2.15 bits per heavy atom. The average Bonchev–Trinajstić information content (AvgIpc) is 2.96. The average molecular weight is 633 g/mol. The molecular formula is C29H34BrN3O6S. The number of likely N-dealkylation sites (N-methyl/N-ethyl adjacent to an activating group) is 1. The van der Waals surface area contributed by atoms with Crippen LogP contribution in [-0.2, 0) is 26.2 Å². The molecular weight excluding hydrogens is 598 g/mol. The fraction of sp³-hybridized carbons (Fsp3) is 0.310. The molecule has 0 aliphatic rings. The number of ether oxygens (including phenoxy) is 2. The van der Waals surface area contributed by atoms with Crippen molar-refractivity contribution < 1.29 is 27.5 Å². The Kier molecular flexibility index (Phi) is 10.6. The molecule has 0 heterocycles. The van der Waals surface area contributed by atoms with Crippen molar-refractivity contribution >= 4 is 43.5 Å². The van der Waals surface area contributed by atoms with E-state index in [-0.39, 0.29) is 17.3 Å². The summed E-state index contributed by atoms with van der Waals surface area (Å²) in [5.74, 6) is 0.261. The van der Waals surface area contributed by atoms with E-state index in [1.807, 2.05) is 6.92 Å². The molecule has 0 bridgehead atoms. The summed E-state index contributed by atoms with van der Waals surface area (Å²) < 4.78 is 40.0. The van der Waals surface area contributed by atoms with Gasteiger partial charge in [0, 0.05) is 13.6 Å². The van der Waals surface area contributed by atoms with Crippen molar-refractivity contribution in [2.75, 3.05) is 32.1 Å². The SMILES string of the molecule is CC[C@H](C(=O)NC)N(Cc1ccc(OC)cc1)C(=O)CN(c1ccc(C)cc1)S(=O)(=O)c1ccc(OC)c(Br)c1. The number of carbonyl (C=O) groups is 2. The number of aryl methyl sites for hydroxylation is 1. The number of halogens is 1. The fourth-order valence-electron chi connectivity index (χ4n) is 4.19. The van der Waals surface area contributed by atoms with Gasteiger partial charge in [-0.05, 0) is 77.3 Å². The summed E-state index contributed by atoms with van der Waals surface area (Å²) in [5, 5.41) is 2.62. The molecule has 0 saturated heterocycles. The Balaban J connectivity index is 2.06. The maximum absolute atomic E-state index is 14.0. The summed E-state index contributed by atoms with van der Waals surface area (Å²) in [6.07, 6.45) is 0.338. The lowest BCUT2D eigenvalue weighted by atomic mass is 10.1. The molecule has 2 amide bonds. The molecule has 40 heavy (non-hydrogen) atoms. The number of anilines is 1. The number of benzene rings is 3. The van der Waals surface area contributed by atoms with E-state index in [1.54, 1.807) is 68.6 Å². The summed E-state index contributed by atoms with van der Waals surface area (Å²) in [5.41, 5.74) is 2.02. The van der Waals surface area contributed by atoms with Gasteiger partial charge in [0.2, 0.25) is 11.8 Å². The van der Waals surface area contributed by atoms with Gasteiger partial charge < -0.3 is 19.7 Å². The van der Waals surface area contributed by atoms with Gasteiger partial charge in [-0.2, -0.15) is 0 Å². The molecule has 0 radical (unpaired) electrons. The number of hydrogen-bond donors (Lipinski definition) is 1. The first-order valence-electron chi connectivity index (χ1n) is 12.6. The molecule has 0 saturated carbocycles. The van der Waals surface area contributed by atoms with E-state index in [0.29, 0.717) is 28.1 Å². The van der Waals surface area contributed by atoms with Crippen molar-refractivity contribution in [3.8, 4) is 11.5 Å². The molecule has 9 nitrogen and oxygen atoms in total. The Morgan fingerprint density at radius 2 is 1.62 bits per heavy atom. The highest BCUT2D eigenvalue weighted by Crippen LogP contribution is 2.31. The van der Waals surface area contributed by atoms with Gasteiger partial charge in [-0.1, -0.05) is 36.8 Å². The highest BCUT2D eigenvalue weighted by molar-refractivity contribution is 9.10.